The summed E-state index contributed by atoms with van der Waals surface area (Å²) in [6, 6.07) is -13.7. The summed E-state index contributed by atoms with van der Waals surface area (Å²) in [5.41, 5.74) is 0. The fraction of sp³-hybridized carbons (Fsp3) is 0.429. The fourth-order valence-electron chi connectivity index (χ4n) is 0.626. The Balaban J connectivity index is 5.91. The largest absolute Gasteiger partial charge is 0.488 e. The van der Waals surface area contributed by atoms with Gasteiger partial charge in [-0.25, -0.2) is 0 Å². The first-order valence-electron chi connectivity index (χ1n) is 4.08. The van der Waals surface area contributed by atoms with E-state index in [0.29, 0.717) is 0 Å². The third-order valence-electron chi connectivity index (χ3n) is 1.47. The summed E-state index contributed by atoms with van der Waals surface area (Å²) < 4.78 is 149. The molecule has 0 spiro atoms. The molecule has 0 aromatic carbocycles. The van der Waals surface area contributed by atoms with E-state index in [0.717, 1.165) is 0 Å². The normalized spacial score (nSPS) is 12.8. The van der Waals surface area contributed by atoms with Gasteiger partial charge in [-0.1, -0.05) is 0 Å². The van der Waals surface area contributed by atoms with E-state index in [1.165, 1.54) is 0 Å². The monoisotopic (exact) mass is 344 g/mol. The van der Waals surface area contributed by atoms with E-state index in [4.69, 9.17) is 0 Å². The molecule has 0 amide bonds. The highest BCUT2D eigenvalue weighted by Gasteiger charge is 2.77. The highest BCUT2D eigenvalue weighted by molar-refractivity contribution is 4.94. The van der Waals surface area contributed by atoms with Crippen LogP contribution in [-0.2, 0) is 9.47 Å². The molecule has 0 heterocycles. The van der Waals surface area contributed by atoms with Crippen LogP contribution < -0.4 is 0 Å². The molecule has 0 aromatic heterocycles. The molecule has 2 nitrogen and oxygen atoms in total. The van der Waals surface area contributed by atoms with Crippen molar-refractivity contribution in [2.45, 2.75) is 18.1 Å². The molecular formula is C7F12O2. The van der Waals surface area contributed by atoms with Crippen LogP contribution in [0.2, 0.25) is 0 Å². The average Bonchev–Trinajstić information content (AvgIpc) is 2.26. The van der Waals surface area contributed by atoms with Gasteiger partial charge in [-0.05, 0) is 0 Å². The summed E-state index contributed by atoms with van der Waals surface area (Å²) in [6.45, 7) is 0. The third kappa shape index (κ3) is 4.10. The van der Waals surface area contributed by atoms with Gasteiger partial charge in [0.1, 0.15) is 0 Å². The average molecular weight is 344 g/mol. The molecule has 0 fully saturated rings. The molecule has 0 unspecified atom stereocenters. The molecule has 0 N–H and O–H groups in total. The summed E-state index contributed by atoms with van der Waals surface area (Å²) in [5, 5.41) is 0. The van der Waals surface area contributed by atoms with Crippen molar-refractivity contribution in [1.82, 2.24) is 0 Å². The Labute approximate surface area is 106 Å². The summed E-state index contributed by atoms with van der Waals surface area (Å²) in [5.74, 6) is -7.00. The first-order chi connectivity index (χ1) is 9.15. The van der Waals surface area contributed by atoms with E-state index in [1.807, 2.05) is 0 Å². The van der Waals surface area contributed by atoms with Crippen LogP contribution in [0.5, 0.6) is 0 Å². The summed E-state index contributed by atoms with van der Waals surface area (Å²) in [7, 11) is 0. The number of hydrogen-bond donors (Lipinski definition) is 0. The van der Waals surface area contributed by atoms with E-state index in [2.05, 4.69) is 9.47 Å². The van der Waals surface area contributed by atoms with Gasteiger partial charge >= 0.3 is 42.3 Å². The summed E-state index contributed by atoms with van der Waals surface area (Å²) in [6.07, 6.45) is -14.5. The number of alkyl halides is 6. The highest BCUT2D eigenvalue weighted by atomic mass is 19.4. The molecule has 0 aliphatic carbocycles. The molecular weight excluding hydrogens is 344 g/mol. The molecule has 21 heavy (non-hydrogen) atoms. The first kappa shape index (κ1) is 19.2. The zero-order chi connectivity index (χ0) is 17.2. The van der Waals surface area contributed by atoms with E-state index in [-0.39, 0.29) is 0 Å². The van der Waals surface area contributed by atoms with Gasteiger partial charge in [0.05, 0.1) is 0 Å². The summed E-state index contributed by atoms with van der Waals surface area (Å²) in [4.78, 5) is 0. The van der Waals surface area contributed by atoms with Gasteiger partial charge in [-0.3, -0.25) is 0 Å². The van der Waals surface area contributed by atoms with Crippen molar-refractivity contribution in [3.05, 3.63) is 24.2 Å². The Morgan fingerprint density at radius 1 is 0.571 bits per heavy atom. The fourth-order valence-corrected chi connectivity index (χ4v) is 0.626. The highest BCUT2D eigenvalue weighted by Crippen LogP contribution is 2.49. The SMILES string of the molecule is FC(F)=C(F)OC(F)(OC(F)=C(F)F)C(F)(F)C(F)(F)F. The maximum atomic E-state index is 13.2. The van der Waals surface area contributed by atoms with Crippen LogP contribution in [0.4, 0.5) is 52.7 Å². The number of hydrogen-bond acceptors (Lipinski definition) is 2. The van der Waals surface area contributed by atoms with Crippen LogP contribution >= 0.6 is 0 Å². The van der Waals surface area contributed by atoms with Crippen LogP contribution in [0.15, 0.2) is 24.2 Å². The van der Waals surface area contributed by atoms with Crippen LogP contribution in [0.25, 0.3) is 0 Å². The van der Waals surface area contributed by atoms with Gasteiger partial charge < -0.3 is 9.47 Å². The molecule has 0 rings (SSSR count). The minimum Gasteiger partial charge on any atom is -0.391 e. The molecule has 0 aliphatic heterocycles. The molecule has 0 aromatic rings. The maximum absolute atomic E-state index is 13.2. The molecule has 124 valence electrons. The Hall–Kier alpha value is -1.76. The van der Waals surface area contributed by atoms with Gasteiger partial charge in [0.15, 0.2) is 0 Å². The Morgan fingerprint density at radius 2 is 0.857 bits per heavy atom. The Morgan fingerprint density at radius 3 is 1.05 bits per heavy atom. The quantitative estimate of drug-likeness (QED) is 0.401. The summed E-state index contributed by atoms with van der Waals surface area (Å²) >= 11 is 0. The van der Waals surface area contributed by atoms with Crippen molar-refractivity contribution >= 4 is 0 Å². The second kappa shape index (κ2) is 5.93. The van der Waals surface area contributed by atoms with E-state index in [1.54, 1.807) is 0 Å². The predicted molar refractivity (Wildman–Crippen MR) is 37.7 cm³/mol. The lowest BCUT2D eigenvalue weighted by molar-refractivity contribution is -0.451. The maximum Gasteiger partial charge on any atom is 0.488 e. The topological polar surface area (TPSA) is 18.5 Å². The lowest BCUT2D eigenvalue weighted by Crippen LogP contribution is -2.57. The van der Waals surface area contributed by atoms with Crippen molar-refractivity contribution in [2.75, 3.05) is 0 Å². The zero-order valence-corrected chi connectivity index (χ0v) is 8.85. The minimum absolute atomic E-state index is 2.21. The van der Waals surface area contributed by atoms with Gasteiger partial charge in [-0.15, -0.1) is 0 Å². The van der Waals surface area contributed by atoms with Crippen LogP contribution in [-0.4, -0.2) is 18.1 Å². The van der Waals surface area contributed by atoms with E-state index < -0.39 is 42.3 Å². The van der Waals surface area contributed by atoms with Crippen molar-refractivity contribution in [2.24, 2.45) is 0 Å². The molecule has 0 bridgehead atoms. The lowest BCUT2D eigenvalue weighted by Gasteiger charge is -2.31. The second-order valence-electron chi connectivity index (χ2n) is 2.88. The lowest BCUT2D eigenvalue weighted by atomic mass is 10.3. The van der Waals surface area contributed by atoms with Crippen molar-refractivity contribution in [1.29, 1.82) is 0 Å². The number of halogens is 12. The van der Waals surface area contributed by atoms with E-state index >= 15 is 0 Å². The molecule has 14 heteroatoms. The Kier molecular flexibility index (Phi) is 5.43. The van der Waals surface area contributed by atoms with Crippen LogP contribution in [0, 0.1) is 0 Å². The minimum atomic E-state index is -7.00. The van der Waals surface area contributed by atoms with Gasteiger partial charge in [0.25, 0.3) is 0 Å². The van der Waals surface area contributed by atoms with Gasteiger partial charge in [0.2, 0.25) is 0 Å². The third-order valence-corrected chi connectivity index (χ3v) is 1.47. The first-order valence-corrected chi connectivity index (χ1v) is 4.08. The standard InChI is InChI=1S/C7F12O2/c8-1(9)3(12)20-7(19,21-4(13)2(10)11)5(14,15)6(16,17)18. The molecule has 0 atom stereocenters. The molecule has 0 radical (unpaired) electrons. The smallest absolute Gasteiger partial charge is 0.391 e. The Bertz CT molecular complexity index is 415. The number of rotatable bonds is 5. The van der Waals surface area contributed by atoms with Crippen LogP contribution in [0.1, 0.15) is 0 Å². The molecule has 0 saturated heterocycles. The second-order valence-corrected chi connectivity index (χ2v) is 2.88. The van der Waals surface area contributed by atoms with Gasteiger partial charge in [0, 0.05) is 0 Å². The molecule has 0 saturated carbocycles. The van der Waals surface area contributed by atoms with Gasteiger partial charge in [-0.2, -0.15) is 52.7 Å². The van der Waals surface area contributed by atoms with Crippen molar-refractivity contribution in [3.63, 3.8) is 0 Å². The van der Waals surface area contributed by atoms with Crippen LogP contribution in [0.3, 0.4) is 0 Å². The molecule has 0 aliphatic rings. The number of ether oxygens (including phenoxy) is 2. The van der Waals surface area contributed by atoms with Crippen molar-refractivity contribution < 1.29 is 62.2 Å². The predicted octanol–water partition coefficient (Wildman–Crippen LogP) is 4.91. The zero-order valence-electron chi connectivity index (χ0n) is 8.85. The van der Waals surface area contributed by atoms with E-state index in [9.17, 15) is 52.7 Å². The van der Waals surface area contributed by atoms with Crippen molar-refractivity contribution in [3.8, 4) is 0 Å².